The van der Waals surface area contributed by atoms with Gasteiger partial charge in [0.05, 0.1) is 18.9 Å². The summed E-state index contributed by atoms with van der Waals surface area (Å²) in [6.45, 7) is 9.46. The van der Waals surface area contributed by atoms with Crippen LogP contribution in [0.2, 0.25) is 0 Å². The van der Waals surface area contributed by atoms with Crippen LogP contribution < -0.4 is 0 Å². The van der Waals surface area contributed by atoms with E-state index in [1.54, 1.807) is 11.8 Å². The molecule has 2 atom stereocenters. The lowest BCUT2D eigenvalue weighted by atomic mass is 10.2. The second kappa shape index (κ2) is 8.00. The topological polar surface area (TPSA) is 81.1 Å². The van der Waals surface area contributed by atoms with E-state index < -0.39 is 19.3 Å². The van der Waals surface area contributed by atoms with Crippen molar-refractivity contribution in [2.24, 2.45) is 5.92 Å². The van der Waals surface area contributed by atoms with Gasteiger partial charge in [-0.2, -0.15) is 0 Å². The first kappa shape index (κ1) is 18.6. The maximum absolute atomic E-state index is 12.0. The van der Waals surface area contributed by atoms with Crippen molar-refractivity contribution < 1.29 is 19.5 Å². The fourth-order valence-corrected chi connectivity index (χ4v) is 2.88. The van der Waals surface area contributed by atoms with Gasteiger partial charge in [-0.1, -0.05) is 20.8 Å². The van der Waals surface area contributed by atoms with Gasteiger partial charge in [0.25, 0.3) is 5.91 Å². The molecule has 0 fully saturated rings. The highest BCUT2D eigenvalue weighted by Crippen LogP contribution is 2.36. The second-order valence-electron chi connectivity index (χ2n) is 5.49. The molecule has 2 unspecified atom stereocenters. The fourth-order valence-electron chi connectivity index (χ4n) is 1.82. The molecule has 0 saturated heterocycles. The number of amides is 1. The minimum absolute atomic E-state index is 0.0384. The van der Waals surface area contributed by atoms with Gasteiger partial charge >= 0.3 is 0 Å². The van der Waals surface area contributed by atoms with Crippen LogP contribution in [0.1, 0.15) is 34.1 Å². The third-order valence-corrected chi connectivity index (χ3v) is 3.54. The van der Waals surface area contributed by atoms with Gasteiger partial charge in [0.1, 0.15) is 0 Å². The van der Waals surface area contributed by atoms with Crippen LogP contribution in [0.3, 0.4) is 0 Å². The van der Waals surface area contributed by atoms with E-state index in [9.17, 15) is 19.5 Å². The first-order valence-corrected chi connectivity index (χ1v) is 8.91. The molecule has 0 radical (unpaired) electrons. The lowest BCUT2D eigenvalue weighted by molar-refractivity contribution is -0.172. The van der Waals surface area contributed by atoms with Crippen LogP contribution in [0.25, 0.3) is 0 Å². The molecule has 7 heteroatoms. The fraction of sp³-hybridized carbons (Fsp3) is 0.917. The highest BCUT2D eigenvalue weighted by molar-refractivity contribution is 7.57. The van der Waals surface area contributed by atoms with Crippen molar-refractivity contribution in [2.45, 2.75) is 40.2 Å². The summed E-state index contributed by atoms with van der Waals surface area (Å²) in [5.74, 6) is -0.272. The van der Waals surface area contributed by atoms with Crippen molar-refractivity contribution in [1.82, 2.24) is 9.96 Å². The third kappa shape index (κ3) is 7.67. The largest absolute Gasteiger partial charge is 0.344 e. The standard InChI is InChI=1S/C12H27N2O4P/c1-6-7-13(9-19(5,17)18)11(4)12(15)14(16)8-10(2)3/h10-11,16H,6-9H2,1-5H3,(H,17,18). The van der Waals surface area contributed by atoms with E-state index in [2.05, 4.69) is 0 Å². The summed E-state index contributed by atoms with van der Waals surface area (Å²) < 4.78 is 11.5. The van der Waals surface area contributed by atoms with Gasteiger partial charge in [0.2, 0.25) is 7.37 Å². The average molecular weight is 294 g/mol. The Kier molecular flexibility index (Phi) is 7.82. The zero-order valence-corrected chi connectivity index (χ0v) is 13.4. The van der Waals surface area contributed by atoms with Crippen molar-refractivity contribution in [3.63, 3.8) is 0 Å². The summed E-state index contributed by atoms with van der Waals surface area (Å²) in [5, 5.41) is 10.4. The van der Waals surface area contributed by atoms with E-state index in [1.165, 1.54) is 6.66 Å². The smallest absolute Gasteiger partial charge is 0.262 e. The monoisotopic (exact) mass is 294 g/mol. The van der Waals surface area contributed by atoms with Crippen molar-refractivity contribution in [2.75, 3.05) is 26.0 Å². The van der Waals surface area contributed by atoms with Gasteiger partial charge in [-0.25, -0.2) is 5.06 Å². The van der Waals surface area contributed by atoms with E-state index in [1.807, 2.05) is 20.8 Å². The Morgan fingerprint density at radius 1 is 1.32 bits per heavy atom. The number of hydrogen-bond donors (Lipinski definition) is 2. The molecule has 6 nitrogen and oxygen atoms in total. The van der Waals surface area contributed by atoms with E-state index >= 15 is 0 Å². The molecular formula is C12H27N2O4P. The summed E-state index contributed by atoms with van der Waals surface area (Å²) in [5.41, 5.74) is 0. The highest BCUT2D eigenvalue weighted by atomic mass is 31.2. The maximum Gasteiger partial charge on any atom is 0.262 e. The molecule has 2 N–H and O–H groups in total. The molecule has 1 amide bonds. The average Bonchev–Trinajstić information content (AvgIpc) is 2.23. The van der Waals surface area contributed by atoms with Gasteiger partial charge in [-0.3, -0.25) is 19.5 Å². The van der Waals surface area contributed by atoms with Crippen LogP contribution in [-0.2, 0) is 9.36 Å². The second-order valence-corrected chi connectivity index (χ2v) is 7.88. The van der Waals surface area contributed by atoms with Crippen LogP contribution in [0.15, 0.2) is 0 Å². The first-order chi connectivity index (χ1) is 8.58. The number of hydrogen-bond acceptors (Lipinski definition) is 4. The number of carbonyl (C=O) groups excluding carboxylic acids is 1. The van der Waals surface area contributed by atoms with Gasteiger partial charge in [0, 0.05) is 6.66 Å². The zero-order valence-electron chi connectivity index (χ0n) is 12.5. The number of nitrogens with zero attached hydrogens (tertiary/aromatic N) is 2. The molecule has 0 aliphatic rings. The number of rotatable bonds is 8. The Hall–Kier alpha value is -0.420. The Balaban J connectivity index is 4.74. The van der Waals surface area contributed by atoms with Gasteiger partial charge < -0.3 is 4.89 Å². The van der Waals surface area contributed by atoms with Gasteiger partial charge in [-0.05, 0) is 25.8 Å². The van der Waals surface area contributed by atoms with E-state index in [4.69, 9.17) is 0 Å². The molecule has 0 aliphatic heterocycles. The lowest BCUT2D eigenvalue weighted by Gasteiger charge is -2.31. The molecule has 0 bridgehead atoms. The molecule has 0 rings (SSSR count). The molecule has 114 valence electrons. The van der Waals surface area contributed by atoms with E-state index in [0.29, 0.717) is 11.6 Å². The van der Waals surface area contributed by atoms with E-state index in [-0.39, 0.29) is 18.7 Å². The Morgan fingerprint density at radius 2 is 1.84 bits per heavy atom. The van der Waals surface area contributed by atoms with Crippen molar-refractivity contribution >= 4 is 13.3 Å². The van der Waals surface area contributed by atoms with Crippen molar-refractivity contribution in [3.8, 4) is 0 Å². The Labute approximate surface area is 115 Å². The number of carbonyl (C=O) groups is 1. The van der Waals surface area contributed by atoms with Crippen LogP contribution >= 0.6 is 7.37 Å². The summed E-state index contributed by atoms with van der Waals surface area (Å²) >= 11 is 0. The quantitative estimate of drug-likeness (QED) is 0.405. The zero-order chi connectivity index (χ0) is 15.2. The minimum Gasteiger partial charge on any atom is -0.344 e. The van der Waals surface area contributed by atoms with Crippen LogP contribution in [0, 0.1) is 5.92 Å². The molecule has 0 aromatic heterocycles. The summed E-state index contributed by atoms with van der Waals surface area (Å²) in [7, 11) is -3.23. The summed E-state index contributed by atoms with van der Waals surface area (Å²) in [6.07, 6.45) is 0.733. The number of hydroxylamine groups is 2. The van der Waals surface area contributed by atoms with Crippen LogP contribution in [0.5, 0.6) is 0 Å². The molecule has 0 heterocycles. The first-order valence-electron chi connectivity index (χ1n) is 6.62. The Bertz CT molecular complexity index is 330. The SMILES string of the molecule is CCCN(CP(C)(=O)O)C(C)C(=O)N(O)CC(C)C. The molecule has 0 aromatic rings. The van der Waals surface area contributed by atoms with Crippen molar-refractivity contribution in [1.29, 1.82) is 0 Å². The van der Waals surface area contributed by atoms with Crippen LogP contribution in [0.4, 0.5) is 0 Å². The lowest BCUT2D eigenvalue weighted by Crippen LogP contribution is -2.47. The third-order valence-electron chi connectivity index (χ3n) is 2.65. The van der Waals surface area contributed by atoms with Gasteiger partial charge in [0.15, 0.2) is 0 Å². The highest BCUT2D eigenvalue weighted by Gasteiger charge is 2.28. The normalized spacial score (nSPS) is 16.5. The van der Waals surface area contributed by atoms with E-state index in [0.717, 1.165) is 6.42 Å². The minimum atomic E-state index is -3.23. The predicted octanol–water partition coefficient (Wildman–Crippen LogP) is 1.82. The molecule has 0 spiro atoms. The molecule has 19 heavy (non-hydrogen) atoms. The molecule has 0 aromatic carbocycles. The van der Waals surface area contributed by atoms with Crippen LogP contribution in [-0.4, -0.2) is 58.1 Å². The molecule has 0 aliphatic carbocycles. The predicted molar refractivity (Wildman–Crippen MR) is 75.4 cm³/mol. The maximum atomic E-state index is 12.0. The Morgan fingerprint density at radius 3 is 2.21 bits per heavy atom. The molecule has 0 saturated carbocycles. The van der Waals surface area contributed by atoms with Gasteiger partial charge in [-0.15, -0.1) is 0 Å². The molecular weight excluding hydrogens is 267 g/mol. The summed E-state index contributed by atoms with van der Waals surface area (Å²) in [6, 6.07) is -0.607. The van der Waals surface area contributed by atoms with Crippen molar-refractivity contribution in [3.05, 3.63) is 0 Å². The summed E-state index contributed by atoms with van der Waals surface area (Å²) in [4.78, 5) is 23.1.